The van der Waals surface area contributed by atoms with E-state index in [4.69, 9.17) is 14.5 Å². The molecule has 1 unspecified atom stereocenters. The minimum atomic E-state index is -3.60. The number of aliphatic hydroxyl groups is 1. The van der Waals surface area contributed by atoms with Crippen LogP contribution in [-0.2, 0) is 11.8 Å². The lowest BCUT2D eigenvalue weighted by atomic mass is 9.98. The lowest BCUT2D eigenvalue weighted by Crippen LogP contribution is -2.55. The van der Waals surface area contributed by atoms with Crippen LogP contribution in [0.1, 0.15) is 20.3 Å². The second-order valence-electron chi connectivity index (χ2n) is 9.62. The minimum Gasteiger partial charge on any atom is -0.497 e. The summed E-state index contributed by atoms with van der Waals surface area (Å²) in [6.45, 7) is 1.74. The van der Waals surface area contributed by atoms with E-state index in [9.17, 15) is 18.7 Å². The van der Waals surface area contributed by atoms with Crippen LogP contribution in [0, 0.1) is 0 Å². The van der Waals surface area contributed by atoms with Crippen molar-refractivity contribution in [3.8, 4) is 22.8 Å². The van der Waals surface area contributed by atoms with Gasteiger partial charge in [-0.2, -0.15) is 5.10 Å². The molecule has 0 aliphatic rings. The summed E-state index contributed by atoms with van der Waals surface area (Å²) in [7, 11) is 4.94. The number of hydrogen-bond acceptors (Lipinski definition) is 8. The van der Waals surface area contributed by atoms with Gasteiger partial charge in [-0.05, 0) is 31.5 Å². The zero-order valence-corrected chi connectivity index (χ0v) is 23.0. The number of aromatic nitrogens is 4. The Bertz CT molecular complexity index is 1480. The number of halogens is 2. The van der Waals surface area contributed by atoms with E-state index in [1.807, 2.05) is 48.5 Å². The first-order valence-electron chi connectivity index (χ1n) is 12.6. The molecule has 0 bridgehead atoms. The Morgan fingerprint density at radius 1 is 1.05 bits per heavy atom. The number of rotatable bonds is 11. The lowest BCUT2D eigenvalue weighted by Gasteiger charge is -2.29. The Hall–Kier alpha value is -4.32. The van der Waals surface area contributed by atoms with E-state index < -0.39 is 17.4 Å². The Morgan fingerprint density at radius 3 is 2.35 bits per heavy atom. The SMILES string of the molecule is COc1cc(OC)cc(N(CCCNC(=O)C(C)(O)C(C)(F)F)c2ccc3ncc(-c4cnn(C)c4)nc3c2)c1. The summed E-state index contributed by atoms with van der Waals surface area (Å²) in [5, 5.41) is 16.6. The largest absolute Gasteiger partial charge is 0.497 e. The third-order valence-corrected chi connectivity index (χ3v) is 6.63. The highest BCUT2D eigenvalue weighted by molar-refractivity contribution is 5.85. The van der Waals surface area contributed by atoms with E-state index in [0.29, 0.717) is 48.1 Å². The van der Waals surface area contributed by atoms with E-state index >= 15 is 0 Å². The number of benzene rings is 2. The number of fused-ring (bicyclic) bond motifs is 1. The summed E-state index contributed by atoms with van der Waals surface area (Å²) >= 11 is 0. The number of carbonyl (C=O) groups excluding carboxylic acids is 1. The number of methoxy groups -OCH3 is 2. The number of nitrogens with zero attached hydrogens (tertiary/aromatic N) is 5. The maximum absolute atomic E-state index is 13.7. The predicted octanol–water partition coefficient (Wildman–Crippen LogP) is 4.10. The molecule has 2 aromatic heterocycles. The zero-order valence-electron chi connectivity index (χ0n) is 23.0. The van der Waals surface area contributed by atoms with Crippen LogP contribution in [0.4, 0.5) is 20.2 Å². The van der Waals surface area contributed by atoms with E-state index in [1.165, 1.54) is 0 Å². The summed E-state index contributed by atoms with van der Waals surface area (Å²) in [5.74, 6) is -3.58. The van der Waals surface area contributed by atoms with Gasteiger partial charge >= 0.3 is 0 Å². The maximum Gasteiger partial charge on any atom is 0.282 e. The summed E-state index contributed by atoms with van der Waals surface area (Å²) in [6, 6.07) is 11.1. The van der Waals surface area contributed by atoms with Gasteiger partial charge in [0, 0.05) is 68.4 Å². The van der Waals surface area contributed by atoms with Crippen LogP contribution in [0.5, 0.6) is 11.5 Å². The Balaban J connectivity index is 1.64. The quantitative estimate of drug-likeness (QED) is 0.267. The van der Waals surface area contributed by atoms with Crippen molar-refractivity contribution in [1.29, 1.82) is 0 Å². The number of amides is 1. The molecule has 0 aliphatic carbocycles. The smallest absolute Gasteiger partial charge is 0.282 e. The van der Waals surface area contributed by atoms with Gasteiger partial charge < -0.3 is 24.8 Å². The second kappa shape index (κ2) is 11.4. The van der Waals surface area contributed by atoms with Crippen molar-refractivity contribution < 1.29 is 28.2 Å². The average Bonchev–Trinajstić information content (AvgIpc) is 3.37. The van der Waals surface area contributed by atoms with Crippen molar-refractivity contribution >= 4 is 28.3 Å². The maximum atomic E-state index is 13.7. The minimum absolute atomic E-state index is 0.0568. The van der Waals surface area contributed by atoms with E-state index in [-0.39, 0.29) is 6.54 Å². The molecule has 0 fully saturated rings. The van der Waals surface area contributed by atoms with Crippen molar-refractivity contribution in [2.75, 3.05) is 32.2 Å². The van der Waals surface area contributed by atoms with Gasteiger partial charge in [0.2, 0.25) is 5.60 Å². The molecule has 1 amide bonds. The molecular formula is C28H32F2N6O4. The third-order valence-electron chi connectivity index (χ3n) is 6.63. The van der Waals surface area contributed by atoms with Crippen LogP contribution in [0.25, 0.3) is 22.3 Å². The molecule has 40 heavy (non-hydrogen) atoms. The molecule has 0 radical (unpaired) electrons. The van der Waals surface area contributed by atoms with Gasteiger partial charge in [-0.1, -0.05) is 0 Å². The molecule has 10 nitrogen and oxygen atoms in total. The summed E-state index contributed by atoms with van der Waals surface area (Å²) in [6.07, 6.45) is 5.64. The fourth-order valence-electron chi connectivity index (χ4n) is 4.03. The number of aryl methyl sites for hydroxylation is 1. The lowest BCUT2D eigenvalue weighted by molar-refractivity contribution is -0.179. The van der Waals surface area contributed by atoms with Gasteiger partial charge in [0.25, 0.3) is 11.8 Å². The molecule has 212 valence electrons. The van der Waals surface area contributed by atoms with Crippen molar-refractivity contribution in [2.24, 2.45) is 7.05 Å². The number of alkyl halides is 2. The highest BCUT2D eigenvalue weighted by Gasteiger charge is 2.50. The van der Waals surface area contributed by atoms with Gasteiger partial charge in [-0.15, -0.1) is 0 Å². The number of hydrogen-bond donors (Lipinski definition) is 2. The highest BCUT2D eigenvalue weighted by Crippen LogP contribution is 2.34. The van der Waals surface area contributed by atoms with Gasteiger partial charge in [0.05, 0.1) is 43.3 Å². The topological polar surface area (TPSA) is 115 Å². The van der Waals surface area contributed by atoms with Crippen molar-refractivity contribution in [1.82, 2.24) is 25.1 Å². The monoisotopic (exact) mass is 554 g/mol. The van der Waals surface area contributed by atoms with E-state index in [2.05, 4.69) is 15.4 Å². The molecule has 2 aromatic carbocycles. The number of nitrogens with one attached hydrogen (secondary N) is 1. The van der Waals surface area contributed by atoms with E-state index in [0.717, 1.165) is 23.9 Å². The summed E-state index contributed by atoms with van der Waals surface area (Å²) < 4.78 is 40.0. The van der Waals surface area contributed by atoms with Gasteiger partial charge in [-0.3, -0.25) is 14.5 Å². The van der Waals surface area contributed by atoms with Crippen LogP contribution in [0.2, 0.25) is 0 Å². The first kappa shape index (κ1) is 28.7. The first-order chi connectivity index (χ1) is 18.9. The van der Waals surface area contributed by atoms with Crippen LogP contribution in [-0.4, -0.2) is 69.6 Å². The number of anilines is 2. The normalized spacial score (nSPS) is 13.1. The Labute approximate surface area is 230 Å². The van der Waals surface area contributed by atoms with Crippen LogP contribution < -0.4 is 19.7 Å². The van der Waals surface area contributed by atoms with Gasteiger partial charge in [0.1, 0.15) is 11.5 Å². The summed E-state index contributed by atoms with van der Waals surface area (Å²) in [4.78, 5) is 23.6. The van der Waals surface area contributed by atoms with Crippen molar-refractivity contribution in [3.63, 3.8) is 0 Å². The molecule has 12 heteroatoms. The molecule has 0 spiro atoms. The Kier molecular flexibility index (Phi) is 8.19. The fraction of sp³-hybridized carbons (Fsp3) is 0.357. The standard InChI is InChI=1S/C28H32F2N6O4/c1-27(38,28(2,29)30)26(37)31-9-6-10-36(20-11-21(39-4)14-22(12-20)40-5)19-7-8-23-24(13-19)34-25(16-32-23)18-15-33-35(3)17-18/h7-8,11-17,38H,6,9-10H2,1-5H3,(H,31,37). The average molecular weight is 555 g/mol. The molecule has 0 saturated carbocycles. The van der Waals surface area contributed by atoms with Crippen molar-refractivity contribution in [3.05, 3.63) is 55.0 Å². The summed E-state index contributed by atoms with van der Waals surface area (Å²) in [5.41, 5.74) is 1.57. The first-order valence-corrected chi connectivity index (χ1v) is 12.6. The van der Waals surface area contributed by atoms with Crippen LogP contribution >= 0.6 is 0 Å². The molecule has 0 aliphatic heterocycles. The second-order valence-corrected chi connectivity index (χ2v) is 9.62. The third kappa shape index (κ3) is 6.12. The fourth-order valence-corrected chi connectivity index (χ4v) is 4.03. The van der Waals surface area contributed by atoms with Crippen LogP contribution in [0.3, 0.4) is 0 Å². The van der Waals surface area contributed by atoms with Crippen LogP contribution in [0.15, 0.2) is 55.0 Å². The number of ether oxygens (including phenoxy) is 2. The van der Waals surface area contributed by atoms with Crippen molar-refractivity contribution in [2.45, 2.75) is 31.8 Å². The van der Waals surface area contributed by atoms with Gasteiger partial charge in [-0.25, -0.2) is 13.8 Å². The number of carbonyl (C=O) groups is 1. The predicted molar refractivity (Wildman–Crippen MR) is 147 cm³/mol. The van der Waals surface area contributed by atoms with Gasteiger partial charge in [0.15, 0.2) is 0 Å². The molecule has 2 N–H and O–H groups in total. The molecule has 0 saturated heterocycles. The zero-order chi connectivity index (χ0) is 29.1. The molecule has 4 rings (SSSR count). The Morgan fingerprint density at radius 2 is 1.75 bits per heavy atom. The molecule has 4 aromatic rings. The molecular weight excluding hydrogens is 522 g/mol. The van der Waals surface area contributed by atoms with E-state index in [1.54, 1.807) is 37.4 Å². The molecule has 1 atom stereocenters. The molecule has 2 heterocycles. The highest BCUT2D eigenvalue weighted by atomic mass is 19.3.